The summed E-state index contributed by atoms with van der Waals surface area (Å²) in [7, 11) is 4.22. The van der Waals surface area contributed by atoms with Crippen LogP contribution in [0.3, 0.4) is 0 Å². The Bertz CT molecular complexity index is 809. The second-order valence-corrected chi connectivity index (χ2v) is 8.09. The lowest BCUT2D eigenvalue weighted by Gasteiger charge is -2.19. The third-order valence-corrected chi connectivity index (χ3v) is 3.80. The van der Waals surface area contributed by atoms with E-state index in [1.54, 1.807) is 45.0 Å². The highest BCUT2D eigenvalue weighted by atomic mass is 16.6. The van der Waals surface area contributed by atoms with Crippen molar-refractivity contribution in [3.63, 3.8) is 0 Å². The van der Waals surface area contributed by atoms with Crippen LogP contribution < -0.4 is 15.5 Å². The quantitative estimate of drug-likeness (QED) is 0.717. The van der Waals surface area contributed by atoms with E-state index in [0.29, 0.717) is 17.8 Å². The lowest BCUT2D eigenvalue weighted by molar-refractivity contribution is -0.872. The molecule has 0 fully saturated rings. The predicted molar refractivity (Wildman–Crippen MR) is 110 cm³/mol. The number of carbonyl (C=O) groups is 2. The molecule has 0 aliphatic heterocycles. The van der Waals surface area contributed by atoms with Crippen LogP contribution in [-0.4, -0.2) is 31.7 Å². The van der Waals surface area contributed by atoms with Crippen LogP contribution in [0.4, 0.5) is 10.5 Å². The zero-order valence-electron chi connectivity index (χ0n) is 17.3. The van der Waals surface area contributed by atoms with Crippen molar-refractivity contribution in [3.8, 4) is 0 Å². The second-order valence-electron chi connectivity index (χ2n) is 8.09. The Labute approximate surface area is 166 Å². The van der Waals surface area contributed by atoms with Gasteiger partial charge >= 0.3 is 6.09 Å². The van der Waals surface area contributed by atoms with E-state index in [1.165, 1.54) is 10.5 Å². The van der Waals surface area contributed by atoms with Gasteiger partial charge in [-0.05, 0) is 44.5 Å². The van der Waals surface area contributed by atoms with E-state index in [0.717, 1.165) is 12.1 Å². The maximum atomic E-state index is 12.4. The van der Waals surface area contributed by atoms with E-state index >= 15 is 0 Å². The molecule has 2 aromatic carbocycles. The number of benzene rings is 2. The molecule has 2 amide bonds. The standard InChI is InChI=1S/C22H29N3O3/c1-22(2,3)28-21(27)24-19-8-6-7-18(13-19)20(26)23-14-16-9-11-17(12-10-16)15-25(4)5/h6-13H,14-15H2,1-5H3,(H,23,26)(H,24,27)/p+1. The Balaban J connectivity index is 1.93. The van der Waals surface area contributed by atoms with Crippen molar-refractivity contribution in [2.75, 3.05) is 19.4 Å². The molecule has 0 unspecified atom stereocenters. The lowest BCUT2D eigenvalue weighted by Crippen LogP contribution is -3.04. The largest absolute Gasteiger partial charge is 0.444 e. The summed E-state index contributed by atoms with van der Waals surface area (Å²) in [5.74, 6) is -0.199. The van der Waals surface area contributed by atoms with Gasteiger partial charge in [-0.15, -0.1) is 0 Å². The van der Waals surface area contributed by atoms with Crippen LogP contribution in [0.25, 0.3) is 0 Å². The van der Waals surface area contributed by atoms with Crippen LogP contribution >= 0.6 is 0 Å². The van der Waals surface area contributed by atoms with E-state index in [-0.39, 0.29) is 5.91 Å². The summed E-state index contributed by atoms with van der Waals surface area (Å²) in [6, 6.07) is 15.0. The Morgan fingerprint density at radius 2 is 1.64 bits per heavy atom. The third-order valence-electron chi connectivity index (χ3n) is 3.80. The SMILES string of the molecule is C[NH+](C)Cc1ccc(CNC(=O)c2cccc(NC(=O)OC(C)(C)C)c2)cc1. The van der Waals surface area contributed by atoms with Crippen molar-refractivity contribution in [2.45, 2.75) is 39.5 Å². The molecular weight excluding hydrogens is 354 g/mol. The predicted octanol–water partition coefficient (Wildman–Crippen LogP) is 2.61. The number of carbonyl (C=O) groups excluding carboxylic acids is 2. The minimum absolute atomic E-state index is 0.199. The Kier molecular flexibility index (Phi) is 7.18. The average Bonchev–Trinajstić information content (AvgIpc) is 2.59. The van der Waals surface area contributed by atoms with E-state index < -0.39 is 11.7 Å². The van der Waals surface area contributed by atoms with Gasteiger partial charge in [0.25, 0.3) is 5.91 Å². The molecular formula is C22H30N3O3+. The van der Waals surface area contributed by atoms with Gasteiger partial charge in [0.1, 0.15) is 12.1 Å². The zero-order chi connectivity index (χ0) is 20.7. The first-order chi connectivity index (χ1) is 13.1. The first kappa shape index (κ1) is 21.4. The Morgan fingerprint density at radius 1 is 1.00 bits per heavy atom. The molecule has 2 aromatic rings. The van der Waals surface area contributed by atoms with Crippen molar-refractivity contribution in [1.82, 2.24) is 5.32 Å². The van der Waals surface area contributed by atoms with Gasteiger partial charge in [-0.3, -0.25) is 10.1 Å². The summed E-state index contributed by atoms with van der Waals surface area (Å²) in [5, 5.41) is 5.55. The van der Waals surface area contributed by atoms with Gasteiger partial charge in [-0.2, -0.15) is 0 Å². The fraction of sp³-hybridized carbons (Fsp3) is 0.364. The maximum Gasteiger partial charge on any atom is 0.412 e. The van der Waals surface area contributed by atoms with E-state index in [1.807, 2.05) is 12.1 Å². The molecule has 0 saturated carbocycles. The zero-order valence-corrected chi connectivity index (χ0v) is 17.3. The third kappa shape index (κ3) is 7.40. The monoisotopic (exact) mass is 384 g/mol. The number of ether oxygens (including phenoxy) is 1. The minimum atomic E-state index is -0.581. The van der Waals surface area contributed by atoms with Gasteiger partial charge in [0.05, 0.1) is 14.1 Å². The summed E-state index contributed by atoms with van der Waals surface area (Å²) >= 11 is 0. The second kappa shape index (κ2) is 9.37. The van der Waals surface area contributed by atoms with Gasteiger partial charge in [0.2, 0.25) is 0 Å². The molecule has 0 aliphatic carbocycles. The highest BCUT2D eigenvalue weighted by Gasteiger charge is 2.16. The molecule has 0 saturated heterocycles. The van der Waals surface area contributed by atoms with Crippen LogP contribution in [0.5, 0.6) is 0 Å². The smallest absolute Gasteiger partial charge is 0.412 e. The molecule has 28 heavy (non-hydrogen) atoms. The minimum Gasteiger partial charge on any atom is -0.444 e. The molecule has 0 bridgehead atoms. The molecule has 3 N–H and O–H groups in total. The summed E-state index contributed by atoms with van der Waals surface area (Å²) < 4.78 is 5.23. The first-order valence-electron chi connectivity index (χ1n) is 9.37. The van der Waals surface area contributed by atoms with Crippen molar-refractivity contribution in [1.29, 1.82) is 0 Å². The summed E-state index contributed by atoms with van der Waals surface area (Å²) in [5.41, 5.74) is 2.70. The number of hydrogen-bond acceptors (Lipinski definition) is 3. The van der Waals surface area contributed by atoms with Crippen LogP contribution in [0.15, 0.2) is 48.5 Å². The topological polar surface area (TPSA) is 71.9 Å². The summed E-state index contributed by atoms with van der Waals surface area (Å²) in [6.45, 7) is 6.79. The average molecular weight is 385 g/mol. The van der Waals surface area contributed by atoms with Gasteiger partial charge in [-0.1, -0.05) is 30.3 Å². The molecule has 0 aliphatic rings. The van der Waals surface area contributed by atoms with Crippen molar-refractivity contribution in [3.05, 3.63) is 65.2 Å². The summed E-state index contributed by atoms with van der Waals surface area (Å²) in [6.07, 6.45) is -0.551. The fourth-order valence-corrected chi connectivity index (χ4v) is 2.63. The number of rotatable bonds is 6. The van der Waals surface area contributed by atoms with Gasteiger partial charge in [-0.25, -0.2) is 4.79 Å². The summed E-state index contributed by atoms with van der Waals surface area (Å²) in [4.78, 5) is 25.7. The van der Waals surface area contributed by atoms with E-state index in [9.17, 15) is 9.59 Å². The Morgan fingerprint density at radius 3 is 2.25 bits per heavy atom. The highest BCUT2D eigenvalue weighted by molar-refractivity contribution is 5.96. The molecule has 6 nitrogen and oxygen atoms in total. The number of anilines is 1. The van der Waals surface area contributed by atoms with E-state index in [2.05, 4.69) is 36.9 Å². The van der Waals surface area contributed by atoms with Crippen LogP contribution in [0.1, 0.15) is 42.3 Å². The van der Waals surface area contributed by atoms with E-state index in [4.69, 9.17) is 4.74 Å². The normalized spacial score (nSPS) is 11.2. The van der Waals surface area contributed by atoms with Gasteiger partial charge in [0.15, 0.2) is 0 Å². The lowest BCUT2D eigenvalue weighted by atomic mass is 10.1. The highest BCUT2D eigenvalue weighted by Crippen LogP contribution is 2.14. The molecule has 0 aromatic heterocycles. The van der Waals surface area contributed by atoms with Gasteiger partial charge in [0, 0.05) is 23.4 Å². The van der Waals surface area contributed by atoms with Crippen LogP contribution in [-0.2, 0) is 17.8 Å². The molecule has 150 valence electrons. The van der Waals surface area contributed by atoms with Gasteiger partial charge < -0.3 is 15.0 Å². The van der Waals surface area contributed by atoms with Crippen LogP contribution in [0, 0.1) is 0 Å². The number of quaternary nitrogens is 1. The number of nitrogens with one attached hydrogen (secondary N) is 3. The molecule has 0 atom stereocenters. The van der Waals surface area contributed by atoms with Crippen molar-refractivity contribution < 1.29 is 19.2 Å². The molecule has 0 heterocycles. The number of amides is 2. The first-order valence-corrected chi connectivity index (χ1v) is 9.37. The molecule has 0 spiro atoms. The van der Waals surface area contributed by atoms with Crippen LogP contribution in [0.2, 0.25) is 0 Å². The van der Waals surface area contributed by atoms with Crippen molar-refractivity contribution >= 4 is 17.7 Å². The Hall–Kier alpha value is -2.86. The molecule has 2 rings (SSSR count). The number of hydrogen-bond donors (Lipinski definition) is 3. The fourth-order valence-electron chi connectivity index (χ4n) is 2.63. The molecule has 6 heteroatoms. The van der Waals surface area contributed by atoms with Crippen molar-refractivity contribution in [2.24, 2.45) is 0 Å². The molecule has 0 radical (unpaired) electrons. The maximum absolute atomic E-state index is 12.4.